The standard InChI is InChI=1S/2C61H41NO/c1-5-18-42(19-6-1)45-34-38-50(43-20-7-2-8-21-43)58(40-45)62(48-35-32-44(33-36-48)51-28-17-29-55-54-27-14-16-31-59(54)63-60(51)55)49-37-39-53-52-26-13-15-30-56(52)61(57(53)41-49,46-22-9-3-10-23-46)47-24-11-4-12-25-47;1-4-18-42(19-5-1)44-20-16-21-45(40-44)50-26-11-14-32-58(50)62(48-36-34-43(35-37-48)51-29-17-30-55-54-28-12-15-33-59(54)63-60(51)55)49-38-39-53-52-27-10-13-31-56(52)61(57(53)41-49,46-22-6-2-7-23-46)47-24-8-3-9-25-47/h2*1-41H. The van der Waals surface area contributed by atoms with Crippen LogP contribution in [0.15, 0.2) is 506 Å². The molecule has 0 bridgehead atoms. The van der Waals surface area contributed by atoms with Gasteiger partial charge < -0.3 is 18.6 Å². The molecule has 0 spiro atoms. The molecule has 2 aliphatic rings. The topological polar surface area (TPSA) is 32.8 Å². The van der Waals surface area contributed by atoms with E-state index in [-0.39, 0.29) is 0 Å². The number of benzene rings is 20. The van der Waals surface area contributed by atoms with Gasteiger partial charge in [-0.2, -0.15) is 0 Å². The van der Waals surface area contributed by atoms with Crippen LogP contribution in [-0.2, 0) is 10.8 Å². The Morgan fingerprint density at radius 1 is 0.159 bits per heavy atom. The van der Waals surface area contributed by atoms with E-state index in [9.17, 15) is 0 Å². The van der Waals surface area contributed by atoms with Crippen molar-refractivity contribution in [1.82, 2.24) is 0 Å². The van der Waals surface area contributed by atoms with Gasteiger partial charge in [0, 0.05) is 66.5 Å². The molecule has 22 aromatic rings. The van der Waals surface area contributed by atoms with Crippen LogP contribution in [0, 0.1) is 0 Å². The van der Waals surface area contributed by atoms with Crippen LogP contribution in [0.4, 0.5) is 34.1 Å². The van der Waals surface area contributed by atoms with E-state index in [4.69, 9.17) is 8.83 Å². The van der Waals surface area contributed by atoms with Gasteiger partial charge in [-0.25, -0.2) is 0 Å². The van der Waals surface area contributed by atoms with E-state index in [0.29, 0.717) is 0 Å². The molecule has 0 saturated carbocycles. The summed E-state index contributed by atoms with van der Waals surface area (Å²) >= 11 is 0. The summed E-state index contributed by atoms with van der Waals surface area (Å²) in [6.07, 6.45) is 0. The fraction of sp³-hybridized carbons (Fsp3) is 0.0164. The van der Waals surface area contributed by atoms with Gasteiger partial charge in [0.15, 0.2) is 0 Å². The summed E-state index contributed by atoms with van der Waals surface area (Å²) in [5.74, 6) is 0. The van der Waals surface area contributed by atoms with Gasteiger partial charge in [-0.05, 0) is 190 Å². The summed E-state index contributed by atoms with van der Waals surface area (Å²) < 4.78 is 13.0. The fourth-order valence-corrected chi connectivity index (χ4v) is 20.3. The van der Waals surface area contributed by atoms with Crippen molar-refractivity contribution in [2.45, 2.75) is 10.8 Å². The Balaban J connectivity index is 0.000000145. The Bertz CT molecular complexity index is 7720. The molecular formula is C122H82N2O2. The summed E-state index contributed by atoms with van der Waals surface area (Å²) in [5, 5.41) is 4.51. The van der Waals surface area contributed by atoms with E-state index in [0.717, 1.165) is 128 Å². The average molecular weight is 1610 g/mol. The molecule has 4 heteroatoms. The fourth-order valence-electron chi connectivity index (χ4n) is 20.3. The predicted molar refractivity (Wildman–Crippen MR) is 524 cm³/mol. The lowest BCUT2D eigenvalue weighted by molar-refractivity contribution is 0.669. The number of para-hydroxylation sites is 5. The van der Waals surface area contributed by atoms with Gasteiger partial charge in [0.2, 0.25) is 0 Å². The molecule has 0 unspecified atom stereocenters. The third kappa shape index (κ3) is 12.6. The first-order chi connectivity index (χ1) is 62.5. The number of anilines is 6. The van der Waals surface area contributed by atoms with Gasteiger partial charge in [-0.15, -0.1) is 0 Å². The SMILES string of the molecule is c1ccc(-c2ccc(-c3ccccc3)c(N(c3ccc(-c4cccc5c4oc4ccccc45)cc3)c3ccc4c(c3)C(c3ccccc3)(c3ccccc3)c3ccccc3-4)c2)cc1.c1ccc(-c2cccc(-c3ccccc3N(c3ccc(-c4cccc5c4oc4ccccc45)cc3)c3ccc4c(c3)C(c3ccccc3)(c3ccccc3)c3ccccc3-4)c2)cc1. The molecule has 0 radical (unpaired) electrons. The van der Waals surface area contributed by atoms with Crippen molar-refractivity contribution in [3.05, 3.63) is 542 Å². The number of furan rings is 2. The summed E-state index contributed by atoms with van der Waals surface area (Å²) in [6, 6.07) is 181. The van der Waals surface area contributed by atoms with Crippen molar-refractivity contribution in [2.24, 2.45) is 0 Å². The van der Waals surface area contributed by atoms with Crippen LogP contribution in [0.5, 0.6) is 0 Å². The Morgan fingerprint density at radius 2 is 0.452 bits per heavy atom. The van der Waals surface area contributed by atoms with E-state index in [2.05, 4.69) is 483 Å². The third-order valence-corrected chi connectivity index (χ3v) is 25.9. The van der Waals surface area contributed by atoms with Crippen LogP contribution in [0.25, 0.3) is 133 Å². The maximum atomic E-state index is 6.53. The van der Waals surface area contributed by atoms with E-state index < -0.39 is 10.8 Å². The summed E-state index contributed by atoms with van der Waals surface area (Å²) in [4.78, 5) is 4.91. The molecule has 24 rings (SSSR count). The minimum absolute atomic E-state index is 0.533. The lowest BCUT2D eigenvalue weighted by Crippen LogP contribution is -2.28. The molecule has 0 atom stereocenters. The second kappa shape index (κ2) is 31.6. The van der Waals surface area contributed by atoms with Crippen molar-refractivity contribution in [3.63, 3.8) is 0 Å². The van der Waals surface area contributed by atoms with Crippen LogP contribution < -0.4 is 9.80 Å². The highest BCUT2D eigenvalue weighted by Crippen LogP contribution is 2.60. The number of nitrogens with zero attached hydrogens (tertiary/aromatic N) is 2. The molecule has 126 heavy (non-hydrogen) atoms. The average Bonchev–Trinajstić information content (AvgIpc) is 1.54. The first kappa shape index (κ1) is 74.6. The molecule has 4 nitrogen and oxygen atoms in total. The van der Waals surface area contributed by atoms with E-state index in [1.54, 1.807) is 0 Å². The van der Waals surface area contributed by atoms with Crippen LogP contribution in [0.2, 0.25) is 0 Å². The van der Waals surface area contributed by atoms with Crippen LogP contribution in [0.3, 0.4) is 0 Å². The van der Waals surface area contributed by atoms with Crippen molar-refractivity contribution in [3.8, 4) is 89.0 Å². The molecule has 0 fully saturated rings. The number of hydrogen-bond acceptors (Lipinski definition) is 4. The highest BCUT2D eigenvalue weighted by molar-refractivity contribution is 6.11. The van der Waals surface area contributed by atoms with Crippen LogP contribution in [0.1, 0.15) is 44.5 Å². The van der Waals surface area contributed by atoms with Crippen LogP contribution >= 0.6 is 0 Å². The Morgan fingerprint density at radius 3 is 0.913 bits per heavy atom. The number of rotatable bonds is 16. The second-order valence-corrected chi connectivity index (χ2v) is 32.8. The smallest absolute Gasteiger partial charge is 0.143 e. The zero-order chi connectivity index (χ0) is 83.5. The zero-order valence-corrected chi connectivity index (χ0v) is 69.1. The maximum absolute atomic E-state index is 6.53. The summed E-state index contributed by atoms with van der Waals surface area (Å²) in [6.45, 7) is 0. The first-order valence-corrected chi connectivity index (χ1v) is 43.3. The van der Waals surface area contributed by atoms with Crippen molar-refractivity contribution in [2.75, 3.05) is 9.80 Å². The van der Waals surface area contributed by atoms with E-state index >= 15 is 0 Å². The lowest BCUT2D eigenvalue weighted by atomic mass is 9.67. The molecule has 0 N–H and O–H groups in total. The molecule has 0 aliphatic heterocycles. The zero-order valence-electron chi connectivity index (χ0n) is 69.1. The quantitative estimate of drug-likeness (QED) is 0.0965. The number of fused-ring (bicyclic) bond motifs is 12. The highest BCUT2D eigenvalue weighted by atomic mass is 16.3. The Kier molecular flexibility index (Phi) is 18.7. The van der Waals surface area contributed by atoms with Crippen molar-refractivity contribution in [1.29, 1.82) is 0 Å². The molecule has 20 aromatic carbocycles. The first-order valence-electron chi connectivity index (χ1n) is 43.3. The van der Waals surface area contributed by atoms with Crippen molar-refractivity contribution < 1.29 is 8.83 Å². The van der Waals surface area contributed by atoms with E-state index in [1.807, 2.05) is 24.3 Å². The van der Waals surface area contributed by atoms with Gasteiger partial charge in [-0.1, -0.05) is 419 Å². The minimum atomic E-state index is -0.542. The molecule has 0 amide bonds. The molecular weight excluding hydrogens is 1530 g/mol. The van der Waals surface area contributed by atoms with Gasteiger partial charge in [0.05, 0.1) is 22.2 Å². The maximum Gasteiger partial charge on any atom is 0.143 e. The Hall–Kier alpha value is -16.4. The van der Waals surface area contributed by atoms with Gasteiger partial charge in [0.25, 0.3) is 0 Å². The normalized spacial score (nSPS) is 12.6. The summed E-state index contributed by atoms with van der Waals surface area (Å²) in [5.41, 5.74) is 37.7. The van der Waals surface area contributed by atoms with E-state index in [1.165, 1.54) is 83.5 Å². The molecule has 592 valence electrons. The predicted octanol–water partition coefficient (Wildman–Crippen LogP) is 32.8. The number of hydrogen-bond donors (Lipinski definition) is 0. The molecule has 0 saturated heterocycles. The summed E-state index contributed by atoms with van der Waals surface area (Å²) in [7, 11) is 0. The largest absolute Gasteiger partial charge is 0.455 e. The molecule has 2 aromatic heterocycles. The Labute approximate surface area is 733 Å². The van der Waals surface area contributed by atoms with Gasteiger partial charge in [0.1, 0.15) is 22.3 Å². The highest BCUT2D eigenvalue weighted by Gasteiger charge is 2.48. The third-order valence-electron chi connectivity index (χ3n) is 25.9. The van der Waals surface area contributed by atoms with Crippen LogP contribution in [-0.4, -0.2) is 0 Å². The lowest BCUT2D eigenvalue weighted by Gasteiger charge is -2.35. The molecule has 2 aliphatic carbocycles. The van der Waals surface area contributed by atoms with Crippen molar-refractivity contribution >= 4 is 78.0 Å². The minimum Gasteiger partial charge on any atom is -0.455 e. The van der Waals surface area contributed by atoms with Gasteiger partial charge in [-0.3, -0.25) is 0 Å². The van der Waals surface area contributed by atoms with Gasteiger partial charge >= 0.3 is 0 Å². The molecule has 2 heterocycles. The monoisotopic (exact) mass is 1610 g/mol. The second-order valence-electron chi connectivity index (χ2n) is 32.8.